The van der Waals surface area contributed by atoms with Crippen molar-refractivity contribution < 1.29 is 4.79 Å². The third-order valence-electron chi connectivity index (χ3n) is 6.05. The minimum Gasteiger partial charge on any atom is -0.339 e. The van der Waals surface area contributed by atoms with Crippen molar-refractivity contribution in [1.82, 2.24) is 19.8 Å². The predicted molar refractivity (Wildman–Crippen MR) is 101 cm³/mol. The molecule has 2 aromatic rings. The van der Waals surface area contributed by atoms with E-state index >= 15 is 0 Å². The van der Waals surface area contributed by atoms with Gasteiger partial charge in [0.05, 0.1) is 11.3 Å². The maximum atomic E-state index is 12.6. The Morgan fingerprint density at radius 1 is 0.962 bits per heavy atom. The maximum absolute atomic E-state index is 12.6. The monoisotopic (exact) mass is 350 g/mol. The van der Waals surface area contributed by atoms with E-state index in [1.54, 1.807) is 12.4 Å². The Bertz CT molecular complexity index is 716. The molecule has 0 aliphatic carbocycles. The lowest BCUT2D eigenvalue weighted by atomic mass is 9.71. The van der Waals surface area contributed by atoms with Crippen molar-refractivity contribution in [3.8, 4) is 0 Å². The van der Waals surface area contributed by atoms with Crippen LogP contribution in [0.2, 0.25) is 0 Å². The molecule has 2 fully saturated rings. The van der Waals surface area contributed by atoms with Gasteiger partial charge in [0.2, 0.25) is 0 Å². The van der Waals surface area contributed by atoms with Crippen LogP contribution < -0.4 is 0 Å². The van der Waals surface area contributed by atoms with Crippen molar-refractivity contribution in [2.24, 2.45) is 5.41 Å². The van der Waals surface area contributed by atoms with Crippen LogP contribution in [-0.4, -0.2) is 51.9 Å². The molecule has 0 atom stereocenters. The van der Waals surface area contributed by atoms with E-state index < -0.39 is 0 Å². The van der Waals surface area contributed by atoms with E-state index in [4.69, 9.17) is 0 Å². The second-order valence-corrected chi connectivity index (χ2v) is 7.63. The molecular formula is C21H26N4O. The molecule has 0 bridgehead atoms. The van der Waals surface area contributed by atoms with Crippen molar-refractivity contribution >= 4 is 5.91 Å². The van der Waals surface area contributed by atoms with Gasteiger partial charge in [-0.2, -0.15) is 0 Å². The molecule has 0 radical (unpaired) electrons. The average molecular weight is 350 g/mol. The number of carbonyl (C=O) groups is 1. The summed E-state index contributed by atoms with van der Waals surface area (Å²) < 4.78 is 0. The Hall–Kier alpha value is -2.27. The van der Waals surface area contributed by atoms with Gasteiger partial charge in [0.25, 0.3) is 5.91 Å². The van der Waals surface area contributed by atoms with Crippen LogP contribution in [0.15, 0.2) is 48.9 Å². The van der Waals surface area contributed by atoms with E-state index in [-0.39, 0.29) is 5.91 Å². The number of nitrogens with zero attached hydrogens (tertiary/aromatic N) is 4. The van der Waals surface area contributed by atoms with Crippen LogP contribution >= 0.6 is 0 Å². The highest BCUT2D eigenvalue weighted by atomic mass is 16.2. The summed E-state index contributed by atoms with van der Waals surface area (Å²) in [6.45, 7) is 4.95. The molecule has 2 aliphatic heterocycles. The van der Waals surface area contributed by atoms with Crippen molar-refractivity contribution in [1.29, 1.82) is 0 Å². The predicted octanol–water partition coefficient (Wildman–Crippen LogP) is 3.00. The van der Waals surface area contributed by atoms with Crippen LogP contribution in [0.1, 0.15) is 41.7 Å². The van der Waals surface area contributed by atoms with Crippen LogP contribution in [0.4, 0.5) is 0 Å². The van der Waals surface area contributed by atoms with Gasteiger partial charge in [-0.1, -0.05) is 6.07 Å². The molecule has 1 amide bonds. The Balaban J connectivity index is 1.29. The van der Waals surface area contributed by atoms with Crippen LogP contribution in [0, 0.1) is 5.41 Å². The highest BCUT2D eigenvalue weighted by Crippen LogP contribution is 2.41. The van der Waals surface area contributed by atoms with Gasteiger partial charge in [0.15, 0.2) is 0 Å². The fourth-order valence-corrected chi connectivity index (χ4v) is 4.26. The Labute approximate surface area is 155 Å². The zero-order valence-electron chi connectivity index (χ0n) is 15.2. The smallest absolute Gasteiger partial charge is 0.255 e. The van der Waals surface area contributed by atoms with E-state index in [0.29, 0.717) is 11.0 Å². The lowest BCUT2D eigenvalue weighted by Crippen LogP contribution is -2.48. The molecular weight excluding hydrogens is 324 g/mol. The Kier molecular flexibility index (Phi) is 4.98. The van der Waals surface area contributed by atoms with Gasteiger partial charge in [0, 0.05) is 38.2 Å². The molecule has 0 N–H and O–H groups in total. The Morgan fingerprint density at radius 2 is 1.73 bits per heavy atom. The topological polar surface area (TPSA) is 49.3 Å². The highest BCUT2D eigenvalue weighted by Gasteiger charge is 2.38. The summed E-state index contributed by atoms with van der Waals surface area (Å²) in [5.74, 6) is 0.125. The second-order valence-electron chi connectivity index (χ2n) is 7.63. The summed E-state index contributed by atoms with van der Waals surface area (Å²) in [7, 11) is 0. The van der Waals surface area contributed by atoms with Crippen molar-refractivity contribution in [2.45, 2.75) is 32.2 Å². The standard InChI is InChI=1S/C21H26N4O/c26-20(18-4-3-10-22-16-18)25-14-8-21(9-15-25)6-12-24(13-7-21)17-19-5-1-2-11-23-19/h1-5,10-11,16H,6-9,12-15,17H2. The van der Waals surface area contributed by atoms with Gasteiger partial charge < -0.3 is 4.90 Å². The van der Waals surface area contributed by atoms with Crippen LogP contribution in [-0.2, 0) is 6.54 Å². The van der Waals surface area contributed by atoms with Crippen molar-refractivity contribution in [3.63, 3.8) is 0 Å². The number of aromatic nitrogens is 2. The number of pyridine rings is 2. The third kappa shape index (κ3) is 3.78. The van der Waals surface area contributed by atoms with E-state index in [0.717, 1.165) is 51.3 Å². The maximum Gasteiger partial charge on any atom is 0.255 e. The lowest BCUT2D eigenvalue weighted by molar-refractivity contribution is 0.0282. The van der Waals surface area contributed by atoms with Gasteiger partial charge >= 0.3 is 0 Å². The number of likely N-dealkylation sites (tertiary alicyclic amines) is 2. The van der Waals surface area contributed by atoms with Crippen molar-refractivity contribution in [3.05, 3.63) is 60.2 Å². The average Bonchev–Trinajstić information content (AvgIpc) is 2.71. The molecule has 136 valence electrons. The number of rotatable bonds is 3. The molecule has 4 heterocycles. The normalized spacial score (nSPS) is 20.2. The van der Waals surface area contributed by atoms with Gasteiger partial charge in [-0.15, -0.1) is 0 Å². The number of hydrogen-bond donors (Lipinski definition) is 0. The summed E-state index contributed by atoms with van der Waals surface area (Å²) >= 11 is 0. The molecule has 2 aromatic heterocycles. The summed E-state index contributed by atoms with van der Waals surface area (Å²) in [6, 6.07) is 9.82. The molecule has 5 nitrogen and oxygen atoms in total. The number of amides is 1. The first-order valence-corrected chi connectivity index (χ1v) is 9.56. The first-order valence-electron chi connectivity index (χ1n) is 9.56. The Morgan fingerprint density at radius 3 is 2.38 bits per heavy atom. The first kappa shape index (κ1) is 17.2. The zero-order valence-corrected chi connectivity index (χ0v) is 15.2. The highest BCUT2D eigenvalue weighted by molar-refractivity contribution is 5.93. The molecule has 1 spiro atoms. The molecule has 5 heteroatoms. The summed E-state index contributed by atoms with van der Waals surface area (Å²) in [4.78, 5) is 25.6. The molecule has 0 aromatic carbocycles. The lowest BCUT2D eigenvalue weighted by Gasteiger charge is -2.46. The zero-order chi connectivity index (χ0) is 17.8. The van der Waals surface area contributed by atoms with Crippen LogP contribution in [0.25, 0.3) is 0 Å². The number of carbonyl (C=O) groups excluding carboxylic acids is 1. The molecule has 26 heavy (non-hydrogen) atoms. The third-order valence-corrected chi connectivity index (χ3v) is 6.05. The largest absolute Gasteiger partial charge is 0.339 e. The van der Waals surface area contributed by atoms with Gasteiger partial charge in [-0.3, -0.25) is 19.7 Å². The summed E-state index contributed by atoms with van der Waals surface area (Å²) in [6.07, 6.45) is 9.95. The summed E-state index contributed by atoms with van der Waals surface area (Å²) in [5, 5.41) is 0. The van der Waals surface area contributed by atoms with Gasteiger partial charge in [-0.05, 0) is 68.5 Å². The molecule has 2 aliphatic rings. The van der Waals surface area contributed by atoms with Gasteiger partial charge in [-0.25, -0.2) is 0 Å². The number of piperidine rings is 2. The van der Waals surface area contributed by atoms with Crippen molar-refractivity contribution in [2.75, 3.05) is 26.2 Å². The molecule has 0 unspecified atom stereocenters. The molecule has 4 rings (SSSR count). The van der Waals surface area contributed by atoms with Gasteiger partial charge in [0.1, 0.15) is 0 Å². The fraction of sp³-hybridized carbons (Fsp3) is 0.476. The molecule has 0 saturated carbocycles. The second kappa shape index (κ2) is 7.54. The van der Waals surface area contributed by atoms with E-state index in [2.05, 4.69) is 27.0 Å². The first-order chi connectivity index (χ1) is 12.7. The van der Waals surface area contributed by atoms with Crippen LogP contribution in [0.3, 0.4) is 0 Å². The SMILES string of the molecule is O=C(c1cccnc1)N1CCC2(CCN(Cc3ccccn3)CC2)CC1. The van der Waals surface area contributed by atoms with E-state index in [1.165, 1.54) is 12.8 Å². The molecule has 2 saturated heterocycles. The van der Waals surface area contributed by atoms with E-state index in [9.17, 15) is 4.79 Å². The van der Waals surface area contributed by atoms with Crippen LogP contribution in [0.5, 0.6) is 0 Å². The minimum atomic E-state index is 0.125. The fourth-order valence-electron chi connectivity index (χ4n) is 4.26. The number of hydrogen-bond acceptors (Lipinski definition) is 4. The quantitative estimate of drug-likeness (QED) is 0.854. The minimum absolute atomic E-state index is 0.125. The summed E-state index contributed by atoms with van der Waals surface area (Å²) in [5.41, 5.74) is 2.28. The van der Waals surface area contributed by atoms with E-state index in [1.807, 2.05) is 29.3 Å².